The fourth-order valence-corrected chi connectivity index (χ4v) is 3.79. The van der Waals surface area contributed by atoms with E-state index >= 15 is 0 Å². The molecule has 0 aliphatic heterocycles. The van der Waals surface area contributed by atoms with Crippen molar-refractivity contribution in [1.82, 2.24) is 4.98 Å². The van der Waals surface area contributed by atoms with Crippen molar-refractivity contribution in [3.8, 4) is 11.3 Å². The van der Waals surface area contributed by atoms with Crippen molar-refractivity contribution in [1.29, 1.82) is 0 Å². The Bertz CT molecular complexity index is 1360. The minimum atomic E-state index is -0.576. The molecule has 0 amide bonds. The largest absolute Gasteiger partial charge is 0.256 e. The molecule has 0 atom stereocenters. The van der Waals surface area contributed by atoms with Crippen LogP contribution in [0, 0.1) is 18.6 Å². The maximum atomic E-state index is 14.2. The van der Waals surface area contributed by atoms with Gasteiger partial charge in [-0.3, -0.25) is 4.98 Å². The molecule has 27 heavy (non-hydrogen) atoms. The summed E-state index contributed by atoms with van der Waals surface area (Å²) in [5.41, 5.74) is 2.94. The number of fused-ring (bicyclic) bond motifs is 4. The highest BCUT2D eigenvalue weighted by molar-refractivity contribution is 6.08. The molecule has 5 rings (SSSR count). The van der Waals surface area contributed by atoms with E-state index in [9.17, 15) is 8.78 Å². The third-order valence-electron chi connectivity index (χ3n) is 5.11. The summed E-state index contributed by atoms with van der Waals surface area (Å²) in [6.45, 7) is 2.08. The number of rotatable bonds is 1. The van der Waals surface area contributed by atoms with Crippen molar-refractivity contribution in [2.24, 2.45) is 0 Å². The zero-order chi connectivity index (χ0) is 18.5. The van der Waals surface area contributed by atoms with Gasteiger partial charge in [0.25, 0.3) is 0 Å². The van der Waals surface area contributed by atoms with Crippen LogP contribution in [0.1, 0.15) is 5.56 Å². The van der Waals surface area contributed by atoms with E-state index in [-0.39, 0.29) is 0 Å². The molecular formula is C24H15F2N. The van der Waals surface area contributed by atoms with Crippen molar-refractivity contribution in [2.45, 2.75) is 6.92 Å². The van der Waals surface area contributed by atoms with E-state index in [1.54, 1.807) is 12.3 Å². The quantitative estimate of drug-likeness (QED) is 0.302. The Labute approximate surface area is 154 Å². The van der Waals surface area contributed by atoms with Gasteiger partial charge in [0.2, 0.25) is 0 Å². The van der Waals surface area contributed by atoms with Crippen molar-refractivity contribution in [3.63, 3.8) is 0 Å². The van der Waals surface area contributed by atoms with Gasteiger partial charge in [0.1, 0.15) is 11.6 Å². The lowest BCUT2D eigenvalue weighted by Gasteiger charge is -2.10. The SMILES string of the molecule is Cc1cc(-c2cc3c(ccc4c(F)cc(F)cc43)cn2)cc2ccccc12. The van der Waals surface area contributed by atoms with E-state index in [1.807, 2.05) is 24.3 Å². The average molecular weight is 355 g/mol. The molecule has 0 saturated heterocycles. The number of halogens is 2. The summed E-state index contributed by atoms with van der Waals surface area (Å²) >= 11 is 0. The Morgan fingerprint density at radius 3 is 2.44 bits per heavy atom. The lowest BCUT2D eigenvalue weighted by Crippen LogP contribution is -1.89. The van der Waals surface area contributed by atoms with E-state index in [0.717, 1.165) is 33.5 Å². The third-order valence-corrected chi connectivity index (χ3v) is 5.11. The Hall–Kier alpha value is -3.33. The molecule has 0 bridgehead atoms. The molecule has 0 saturated carbocycles. The van der Waals surface area contributed by atoms with Crippen LogP contribution in [0.4, 0.5) is 8.78 Å². The Kier molecular flexibility index (Phi) is 3.44. The average Bonchev–Trinajstić information content (AvgIpc) is 2.67. The predicted molar refractivity (Wildman–Crippen MR) is 107 cm³/mol. The van der Waals surface area contributed by atoms with Gasteiger partial charge >= 0.3 is 0 Å². The molecule has 0 aliphatic rings. The molecular weight excluding hydrogens is 340 g/mol. The number of pyridine rings is 1. The minimum Gasteiger partial charge on any atom is -0.256 e. The molecule has 0 N–H and O–H groups in total. The van der Waals surface area contributed by atoms with Gasteiger partial charge in [-0.2, -0.15) is 0 Å². The molecule has 3 heteroatoms. The summed E-state index contributed by atoms with van der Waals surface area (Å²) in [5.74, 6) is -1.13. The van der Waals surface area contributed by atoms with Crippen LogP contribution in [-0.2, 0) is 0 Å². The molecule has 5 aromatic rings. The third kappa shape index (κ3) is 2.55. The molecule has 0 aliphatic carbocycles. The molecule has 4 aromatic carbocycles. The van der Waals surface area contributed by atoms with Gasteiger partial charge in [0.05, 0.1) is 5.69 Å². The number of aryl methyl sites for hydroxylation is 1. The normalized spacial score (nSPS) is 11.5. The second kappa shape index (κ2) is 5.85. The Morgan fingerprint density at radius 2 is 1.56 bits per heavy atom. The van der Waals surface area contributed by atoms with Gasteiger partial charge in [-0.25, -0.2) is 8.78 Å². The summed E-state index contributed by atoms with van der Waals surface area (Å²) in [6.07, 6.45) is 1.76. The van der Waals surface area contributed by atoms with Gasteiger partial charge in [-0.15, -0.1) is 0 Å². The van der Waals surface area contributed by atoms with Gasteiger partial charge in [-0.05, 0) is 58.3 Å². The van der Waals surface area contributed by atoms with E-state index in [4.69, 9.17) is 0 Å². The lowest BCUT2D eigenvalue weighted by atomic mass is 9.97. The summed E-state index contributed by atoms with van der Waals surface area (Å²) in [4.78, 5) is 4.59. The highest BCUT2D eigenvalue weighted by Crippen LogP contribution is 2.32. The monoisotopic (exact) mass is 355 g/mol. The topological polar surface area (TPSA) is 12.9 Å². The molecule has 1 nitrogen and oxygen atoms in total. The zero-order valence-electron chi connectivity index (χ0n) is 14.6. The Balaban J connectivity index is 1.81. The molecule has 1 aromatic heterocycles. The first kappa shape index (κ1) is 15.9. The van der Waals surface area contributed by atoms with E-state index in [0.29, 0.717) is 10.8 Å². The molecule has 1 heterocycles. The van der Waals surface area contributed by atoms with E-state index < -0.39 is 11.6 Å². The summed E-state index contributed by atoms with van der Waals surface area (Å²) in [6, 6.07) is 20.1. The first-order valence-corrected chi connectivity index (χ1v) is 8.77. The molecule has 130 valence electrons. The minimum absolute atomic E-state index is 0.413. The van der Waals surface area contributed by atoms with Crippen molar-refractivity contribution < 1.29 is 8.78 Å². The number of benzene rings is 4. The highest BCUT2D eigenvalue weighted by atomic mass is 19.1. The van der Waals surface area contributed by atoms with Crippen molar-refractivity contribution in [2.75, 3.05) is 0 Å². The van der Waals surface area contributed by atoms with Crippen LogP contribution in [0.3, 0.4) is 0 Å². The van der Waals surface area contributed by atoms with Crippen molar-refractivity contribution >= 4 is 32.3 Å². The fourth-order valence-electron chi connectivity index (χ4n) is 3.79. The summed E-state index contributed by atoms with van der Waals surface area (Å²) in [5, 5.41) is 4.97. The maximum absolute atomic E-state index is 14.2. The highest BCUT2D eigenvalue weighted by Gasteiger charge is 2.10. The number of aromatic nitrogens is 1. The smallest absolute Gasteiger partial charge is 0.133 e. The van der Waals surface area contributed by atoms with Crippen molar-refractivity contribution in [3.05, 3.63) is 90.1 Å². The van der Waals surface area contributed by atoms with Gasteiger partial charge in [0.15, 0.2) is 0 Å². The fraction of sp³-hybridized carbons (Fsp3) is 0.0417. The predicted octanol–water partition coefficient (Wildman–Crippen LogP) is 6.79. The van der Waals surface area contributed by atoms with Gasteiger partial charge in [-0.1, -0.05) is 36.4 Å². The molecule has 0 fully saturated rings. The zero-order valence-corrected chi connectivity index (χ0v) is 14.6. The van der Waals surface area contributed by atoms with Crippen LogP contribution >= 0.6 is 0 Å². The van der Waals surface area contributed by atoms with Crippen LogP contribution in [0.2, 0.25) is 0 Å². The first-order chi connectivity index (χ1) is 13.1. The first-order valence-electron chi connectivity index (χ1n) is 8.77. The van der Waals surface area contributed by atoms with Gasteiger partial charge < -0.3 is 0 Å². The number of nitrogens with zero attached hydrogens (tertiary/aromatic N) is 1. The number of hydrogen-bond donors (Lipinski definition) is 0. The second-order valence-electron chi connectivity index (χ2n) is 6.85. The summed E-state index contributed by atoms with van der Waals surface area (Å²) < 4.78 is 28.0. The van der Waals surface area contributed by atoms with E-state index in [1.165, 1.54) is 17.0 Å². The Morgan fingerprint density at radius 1 is 0.704 bits per heavy atom. The van der Waals surface area contributed by atoms with Crippen LogP contribution in [-0.4, -0.2) is 4.98 Å². The van der Waals surface area contributed by atoms with Crippen LogP contribution in [0.15, 0.2) is 72.9 Å². The van der Waals surface area contributed by atoms with Gasteiger partial charge in [0, 0.05) is 28.6 Å². The molecule has 0 unspecified atom stereocenters. The van der Waals surface area contributed by atoms with Crippen LogP contribution in [0.25, 0.3) is 43.6 Å². The molecule has 0 spiro atoms. The number of hydrogen-bond acceptors (Lipinski definition) is 1. The maximum Gasteiger partial charge on any atom is 0.133 e. The molecule has 0 radical (unpaired) electrons. The lowest BCUT2D eigenvalue weighted by molar-refractivity contribution is 0.592. The summed E-state index contributed by atoms with van der Waals surface area (Å²) in [7, 11) is 0. The van der Waals surface area contributed by atoms with Crippen LogP contribution < -0.4 is 0 Å². The second-order valence-corrected chi connectivity index (χ2v) is 6.85. The van der Waals surface area contributed by atoms with Crippen LogP contribution in [0.5, 0.6) is 0 Å². The van der Waals surface area contributed by atoms with E-state index in [2.05, 4.69) is 36.2 Å². The standard InChI is InChI=1S/C24H15F2N/c1-14-8-17(9-15-4-2-3-5-19(14)15)24-12-21-16(13-27-24)6-7-20-22(21)10-18(25)11-23(20)26/h2-13H,1H3.